The Morgan fingerprint density at radius 1 is 1.32 bits per heavy atom. The maximum Gasteiger partial charge on any atom is 0.193 e. The molecule has 1 heterocycles. The third-order valence-electron chi connectivity index (χ3n) is 2.67. The molecule has 0 fully saturated rings. The molecule has 0 aliphatic heterocycles. The molecule has 2 rings (SSSR count). The number of aryl methyl sites for hydroxylation is 1. The van der Waals surface area contributed by atoms with Crippen LogP contribution in [0.5, 0.6) is 5.75 Å². The highest BCUT2D eigenvalue weighted by molar-refractivity contribution is 7.98. The Morgan fingerprint density at radius 2 is 2.16 bits per heavy atom. The van der Waals surface area contributed by atoms with E-state index < -0.39 is 0 Å². The summed E-state index contributed by atoms with van der Waals surface area (Å²) < 4.78 is 5.37. The molecule has 1 N–H and O–H groups in total. The minimum atomic E-state index is 0.697. The number of aromatic nitrogens is 2. The zero-order valence-electron chi connectivity index (χ0n) is 11.3. The third kappa shape index (κ3) is 3.38. The van der Waals surface area contributed by atoms with Gasteiger partial charge in [-0.3, -0.25) is 0 Å². The number of nitrogens with one attached hydrogen (secondary N) is 1. The highest BCUT2D eigenvalue weighted by atomic mass is 32.2. The van der Waals surface area contributed by atoms with Crippen molar-refractivity contribution in [2.24, 2.45) is 0 Å². The normalized spacial score (nSPS) is 10.3. The van der Waals surface area contributed by atoms with Gasteiger partial charge < -0.3 is 10.1 Å². The third-order valence-corrected chi connectivity index (χ3v) is 3.71. The molecule has 0 aliphatic carbocycles. The highest BCUT2D eigenvalue weighted by Gasteiger charge is 2.11. The highest BCUT2D eigenvalue weighted by Crippen LogP contribution is 2.33. The van der Waals surface area contributed by atoms with Crippen LogP contribution >= 0.6 is 11.8 Å². The lowest BCUT2D eigenvalue weighted by Crippen LogP contribution is -2.00. The van der Waals surface area contributed by atoms with Crippen LogP contribution in [-0.2, 0) is 5.75 Å². The number of hydrogen-bond donors (Lipinski definition) is 1. The summed E-state index contributed by atoms with van der Waals surface area (Å²) in [5.74, 6) is 2.27. The predicted molar refractivity (Wildman–Crippen MR) is 78.9 cm³/mol. The lowest BCUT2D eigenvalue weighted by Gasteiger charge is -2.10. The van der Waals surface area contributed by atoms with Gasteiger partial charge in [-0.05, 0) is 12.5 Å². The molecule has 0 bridgehead atoms. The number of benzene rings is 1. The average molecular weight is 275 g/mol. The van der Waals surface area contributed by atoms with E-state index in [-0.39, 0.29) is 0 Å². The average Bonchev–Trinajstić information content (AvgIpc) is 2.44. The molecule has 100 valence electrons. The number of nitrogens with zero attached hydrogens (tertiary/aromatic N) is 2. The van der Waals surface area contributed by atoms with Gasteiger partial charge in [0.05, 0.1) is 7.11 Å². The minimum Gasteiger partial charge on any atom is -0.490 e. The molecule has 0 aliphatic rings. The maximum absolute atomic E-state index is 5.37. The van der Waals surface area contributed by atoms with Gasteiger partial charge in [-0.15, -0.1) is 0 Å². The van der Waals surface area contributed by atoms with Gasteiger partial charge in [0, 0.05) is 12.8 Å². The fourth-order valence-electron chi connectivity index (χ4n) is 1.78. The standard InChI is InChI=1S/C14H17N3OS/c1-10-5-4-6-11(7-10)8-19-14-12(18-3)13(15-2)16-9-17-14/h4-7,9H,8H2,1-3H3,(H,15,16,17). The molecule has 5 heteroatoms. The summed E-state index contributed by atoms with van der Waals surface area (Å²) in [6.07, 6.45) is 1.55. The van der Waals surface area contributed by atoms with Crippen molar-refractivity contribution in [2.45, 2.75) is 17.7 Å². The molecule has 0 atom stereocenters. The Hall–Kier alpha value is -1.75. The quantitative estimate of drug-likeness (QED) is 0.671. The first-order valence-electron chi connectivity index (χ1n) is 5.99. The number of thioether (sulfide) groups is 1. The van der Waals surface area contributed by atoms with Crippen molar-refractivity contribution in [3.63, 3.8) is 0 Å². The summed E-state index contributed by atoms with van der Waals surface area (Å²) >= 11 is 1.65. The maximum atomic E-state index is 5.37. The molecule has 0 amide bonds. The molecule has 2 aromatic rings. The molecule has 0 spiro atoms. The smallest absolute Gasteiger partial charge is 0.193 e. The van der Waals surface area contributed by atoms with E-state index >= 15 is 0 Å². The number of hydrogen-bond acceptors (Lipinski definition) is 5. The summed E-state index contributed by atoms with van der Waals surface area (Å²) in [6, 6.07) is 8.46. The molecule has 1 aromatic heterocycles. The molecule has 1 aromatic carbocycles. The van der Waals surface area contributed by atoms with Crippen LogP contribution in [0.4, 0.5) is 5.82 Å². The Bertz CT molecular complexity index is 560. The first-order valence-corrected chi connectivity index (χ1v) is 6.98. The summed E-state index contributed by atoms with van der Waals surface area (Å²) in [5.41, 5.74) is 2.54. The molecule has 0 radical (unpaired) electrons. The van der Waals surface area contributed by atoms with Crippen molar-refractivity contribution < 1.29 is 4.74 Å². The van der Waals surface area contributed by atoms with E-state index in [1.807, 2.05) is 7.05 Å². The Balaban J connectivity index is 2.15. The van der Waals surface area contributed by atoms with Gasteiger partial charge in [-0.25, -0.2) is 9.97 Å². The second-order valence-electron chi connectivity index (χ2n) is 4.09. The molecule has 4 nitrogen and oxygen atoms in total. The molecular weight excluding hydrogens is 258 g/mol. The Morgan fingerprint density at radius 3 is 2.84 bits per heavy atom. The molecular formula is C14H17N3OS. The van der Waals surface area contributed by atoms with Crippen LogP contribution in [0.15, 0.2) is 35.6 Å². The molecule has 0 saturated heterocycles. The lowest BCUT2D eigenvalue weighted by atomic mass is 10.2. The van der Waals surface area contributed by atoms with Crippen LogP contribution in [0.3, 0.4) is 0 Å². The van der Waals surface area contributed by atoms with Gasteiger partial charge in [0.15, 0.2) is 11.6 Å². The van der Waals surface area contributed by atoms with Crippen molar-refractivity contribution in [1.82, 2.24) is 9.97 Å². The van der Waals surface area contributed by atoms with Crippen LogP contribution < -0.4 is 10.1 Å². The fourth-order valence-corrected chi connectivity index (χ4v) is 2.69. The van der Waals surface area contributed by atoms with E-state index in [2.05, 4.69) is 46.5 Å². The largest absolute Gasteiger partial charge is 0.490 e. The van der Waals surface area contributed by atoms with Crippen molar-refractivity contribution in [1.29, 1.82) is 0 Å². The monoisotopic (exact) mass is 275 g/mol. The SMILES string of the molecule is CNc1ncnc(SCc2cccc(C)c2)c1OC. The van der Waals surface area contributed by atoms with Gasteiger partial charge in [0.25, 0.3) is 0 Å². The first-order chi connectivity index (χ1) is 9.24. The summed E-state index contributed by atoms with van der Waals surface area (Å²) in [7, 11) is 3.45. The zero-order chi connectivity index (χ0) is 13.7. The van der Waals surface area contributed by atoms with Gasteiger partial charge >= 0.3 is 0 Å². The molecule has 0 unspecified atom stereocenters. The van der Waals surface area contributed by atoms with E-state index in [0.29, 0.717) is 11.6 Å². The number of rotatable bonds is 5. The van der Waals surface area contributed by atoms with Crippen molar-refractivity contribution >= 4 is 17.6 Å². The Kier molecular flexibility index (Phi) is 4.63. The fraction of sp³-hybridized carbons (Fsp3) is 0.286. The van der Waals surface area contributed by atoms with Gasteiger partial charge in [0.1, 0.15) is 11.4 Å². The van der Waals surface area contributed by atoms with Crippen molar-refractivity contribution in [3.05, 3.63) is 41.7 Å². The van der Waals surface area contributed by atoms with Crippen molar-refractivity contribution in [3.8, 4) is 5.75 Å². The predicted octanol–water partition coefficient (Wildman–Crippen LogP) is 3.13. The van der Waals surface area contributed by atoms with Crippen LogP contribution in [0.25, 0.3) is 0 Å². The van der Waals surface area contributed by atoms with Gasteiger partial charge in [-0.2, -0.15) is 0 Å². The van der Waals surface area contributed by atoms with Crippen molar-refractivity contribution in [2.75, 3.05) is 19.5 Å². The van der Waals surface area contributed by atoms with Crippen LogP contribution in [-0.4, -0.2) is 24.1 Å². The Labute approximate surface area is 117 Å². The summed E-state index contributed by atoms with van der Waals surface area (Å²) in [4.78, 5) is 8.42. The van der Waals surface area contributed by atoms with E-state index in [9.17, 15) is 0 Å². The summed E-state index contributed by atoms with van der Waals surface area (Å²) in [6.45, 7) is 2.10. The van der Waals surface area contributed by atoms with Crippen LogP contribution in [0, 0.1) is 6.92 Å². The van der Waals surface area contributed by atoms with E-state index in [1.54, 1.807) is 25.2 Å². The summed E-state index contributed by atoms with van der Waals surface area (Å²) in [5, 5.41) is 3.86. The molecule has 0 saturated carbocycles. The van der Waals surface area contributed by atoms with Gasteiger partial charge in [0.2, 0.25) is 0 Å². The minimum absolute atomic E-state index is 0.697. The van der Waals surface area contributed by atoms with E-state index in [4.69, 9.17) is 4.74 Å². The number of methoxy groups -OCH3 is 1. The number of anilines is 1. The van der Waals surface area contributed by atoms with E-state index in [1.165, 1.54) is 11.1 Å². The second-order valence-corrected chi connectivity index (χ2v) is 5.05. The zero-order valence-corrected chi connectivity index (χ0v) is 12.1. The topological polar surface area (TPSA) is 47.0 Å². The van der Waals surface area contributed by atoms with E-state index in [0.717, 1.165) is 10.8 Å². The lowest BCUT2D eigenvalue weighted by molar-refractivity contribution is 0.400. The van der Waals surface area contributed by atoms with Crippen LogP contribution in [0.2, 0.25) is 0 Å². The second kappa shape index (κ2) is 6.43. The first kappa shape index (κ1) is 13.7. The van der Waals surface area contributed by atoms with Gasteiger partial charge in [-0.1, -0.05) is 41.6 Å². The van der Waals surface area contributed by atoms with Crippen LogP contribution in [0.1, 0.15) is 11.1 Å². The number of ether oxygens (including phenoxy) is 1. The molecule has 19 heavy (non-hydrogen) atoms.